The van der Waals surface area contributed by atoms with Crippen LogP contribution in [0.3, 0.4) is 0 Å². The number of hydrogen-bond donors (Lipinski definition) is 1. The summed E-state index contributed by atoms with van der Waals surface area (Å²) in [5, 5.41) is 3.73. The number of aromatic nitrogens is 2. The highest BCUT2D eigenvalue weighted by molar-refractivity contribution is 14.1. The van der Waals surface area contributed by atoms with Gasteiger partial charge in [-0.3, -0.25) is 0 Å². The summed E-state index contributed by atoms with van der Waals surface area (Å²) in [7, 11) is 0. The number of nitrogens with zero attached hydrogens (tertiary/aromatic N) is 2. The third-order valence-corrected chi connectivity index (χ3v) is 2.39. The Balaban J connectivity index is 2.39. The molecular weight excluding hydrogens is 293 g/mol. The molecule has 0 amide bonds. The van der Waals surface area contributed by atoms with Crippen molar-refractivity contribution >= 4 is 22.6 Å². The molecule has 4 nitrogen and oxygen atoms in total. The molecule has 0 atom stereocenters. The van der Waals surface area contributed by atoms with E-state index >= 15 is 0 Å². The third kappa shape index (κ3) is 1.93. The highest BCUT2D eigenvalue weighted by Gasteiger charge is 2.06. The Bertz CT molecular complexity index is 441. The Labute approximate surface area is 94.6 Å². The number of hydrogen-bond acceptors (Lipinski definition) is 4. The van der Waals surface area contributed by atoms with Crippen molar-refractivity contribution in [2.24, 2.45) is 5.73 Å². The average Bonchev–Trinajstić information content (AvgIpc) is 2.66. The maximum atomic E-state index is 5.38. The van der Waals surface area contributed by atoms with Gasteiger partial charge in [0, 0.05) is 9.13 Å². The average molecular weight is 301 g/mol. The zero-order valence-electron chi connectivity index (χ0n) is 7.27. The van der Waals surface area contributed by atoms with Crippen molar-refractivity contribution in [1.29, 1.82) is 0 Å². The van der Waals surface area contributed by atoms with Crippen LogP contribution in [0.5, 0.6) is 0 Å². The lowest BCUT2D eigenvalue weighted by atomic mass is 10.2. The molecule has 1 heterocycles. The number of rotatable bonds is 2. The normalized spacial score (nSPS) is 10.4. The summed E-state index contributed by atoms with van der Waals surface area (Å²) < 4.78 is 6.18. The van der Waals surface area contributed by atoms with Crippen molar-refractivity contribution in [3.8, 4) is 11.5 Å². The van der Waals surface area contributed by atoms with Crippen LogP contribution in [-0.4, -0.2) is 10.1 Å². The first-order chi connectivity index (χ1) is 6.79. The minimum Gasteiger partial charge on any atom is -0.334 e. The molecule has 2 rings (SSSR count). The Morgan fingerprint density at radius 2 is 2.29 bits per heavy atom. The van der Waals surface area contributed by atoms with Crippen molar-refractivity contribution in [3.63, 3.8) is 0 Å². The maximum absolute atomic E-state index is 5.38. The van der Waals surface area contributed by atoms with Gasteiger partial charge in [0.25, 0.3) is 5.89 Å². The zero-order valence-corrected chi connectivity index (χ0v) is 9.43. The largest absolute Gasteiger partial charge is 0.334 e. The highest BCUT2D eigenvalue weighted by Crippen LogP contribution is 2.19. The Hall–Kier alpha value is -0.950. The fourth-order valence-corrected chi connectivity index (χ4v) is 1.62. The minimum absolute atomic E-state index is 0.299. The monoisotopic (exact) mass is 301 g/mol. The third-order valence-electron chi connectivity index (χ3n) is 1.72. The molecule has 0 aliphatic carbocycles. The Kier molecular flexibility index (Phi) is 2.78. The van der Waals surface area contributed by atoms with E-state index in [0.29, 0.717) is 18.3 Å². The Morgan fingerprint density at radius 3 is 2.93 bits per heavy atom. The van der Waals surface area contributed by atoms with Crippen LogP contribution in [-0.2, 0) is 6.54 Å². The molecule has 5 heteroatoms. The summed E-state index contributed by atoms with van der Waals surface area (Å²) in [5.41, 5.74) is 6.31. The molecule has 1 aromatic heterocycles. The van der Waals surface area contributed by atoms with E-state index in [9.17, 15) is 0 Å². The lowest BCUT2D eigenvalue weighted by molar-refractivity contribution is 0.423. The molecule has 2 N–H and O–H groups in total. The zero-order chi connectivity index (χ0) is 9.97. The van der Waals surface area contributed by atoms with Crippen LogP contribution in [0.4, 0.5) is 0 Å². The summed E-state index contributed by atoms with van der Waals surface area (Å²) in [4.78, 5) is 4.13. The van der Waals surface area contributed by atoms with E-state index in [1.165, 1.54) is 0 Å². The summed E-state index contributed by atoms with van der Waals surface area (Å²) in [6.45, 7) is 0.299. The SMILES string of the molecule is NCc1noc(-c2cccc(I)c2)n1. The van der Waals surface area contributed by atoms with E-state index in [0.717, 1.165) is 9.13 Å². The van der Waals surface area contributed by atoms with Gasteiger partial charge in [0.15, 0.2) is 5.82 Å². The first-order valence-electron chi connectivity index (χ1n) is 4.08. The smallest absolute Gasteiger partial charge is 0.258 e. The van der Waals surface area contributed by atoms with Crippen LogP contribution in [0.2, 0.25) is 0 Å². The first kappa shape index (κ1) is 9.60. The lowest BCUT2D eigenvalue weighted by Gasteiger charge is -1.93. The van der Waals surface area contributed by atoms with E-state index < -0.39 is 0 Å². The van der Waals surface area contributed by atoms with Gasteiger partial charge in [0.05, 0.1) is 6.54 Å². The van der Waals surface area contributed by atoms with Gasteiger partial charge in [-0.1, -0.05) is 11.2 Å². The van der Waals surface area contributed by atoms with Gasteiger partial charge in [-0.05, 0) is 40.8 Å². The van der Waals surface area contributed by atoms with Gasteiger partial charge in [-0.25, -0.2) is 0 Å². The summed E-state index contributed by atoms with van der Waals surface area (Å²) in [6.07, 6.45) is 0. The van der Waals surface area contributed by atoms with Crippen LogP contribution in [0.25, 0.3) is 11.5 Å². The first-order valence-corrected chi connectivity index (χ1v) is 5.16. The number of halogens is 1. The van der Waals surface area contributed by atoms with Gasteiger partial charge in [-0.15, -0.1) is 0 Å². The van der Waals surface area contributed by atoms with Gasteiger partial charge >= 0.3 is 0 Å². The fourth-order valence-electron chi connectivity index (χ4n) is 1.08. The van der Waals surface area contributed by atoms with E-state index in [-0.39, 0.29) is 0 Å². The second-order valence-electron chi connectivity index (χ2n) is 2.73. The van der Waals surface area contributed by atoms with E-state index in [1.54, 1.807) is 0 Å². The van der Waals surface area contributed by atoms with Crippen molar-refractivity contribution in [2.45, 2.75) is 6.54 Å². The van der Waals surface area contributed by atoms with Crippen LogP contribution in [0.1, 0.15) is 5.82 Å². The molecule has 2 aromatic rings. The van der Waals surface area contributed by atoms with Gasteiger partial charge in [0.2, 0.25) is 0 Å². The van der Waals surface area contributed by atoms with Crippen molar-refractivity contribution in [2.75, 3.05) is 0 Å². The van der Waals surface area contributed by atoms with Crippen LogP contribution >= 0.6 is 22.6 Å². The molecule has 0 aliphatic rings. The minimum atomic E-state index is 0.299. The second-order valence-corrected chi connectivity index (χ2v) is 3.98. The molecule has 0 radical (unpaired) electrons. The van der Waals surface area contributed by atoms with Gasteiger partial charge in [-0.2, -0.15) is 4.98 Å². The maximum Gasteiger partial charge on any atom is 0.258 e. The predicted molar refractivity (Wildman–Crippen MR) is 60.3 cm³/mol. The summed E-state index contributed by atoms with van der Waals surface area (Å²) in [6, 6.07) is 7.86. The standard InChI is InChI=1S/C9H8IN3O/c10-7-3-1-2-6(4-7)9-12-8(5-11)13-14-9/h1-4H,5,11H2. The molecule has 0 fully saturated rings. The molecule has 72 valence electrons. The Morgan fingerprint density at radius 1 is 1.43 bits per heavy atom. The quantitative estimate of drug-likeness (QED) is 0.859. The molecule has 14 heavy (non-hydrogen) atoms. The van der Waals surface area contributed by atoms with Gasteiger partial charge < -0.3 is 10.3 Å². The van der Waals surface area contributed by atoms with Crippen molar-refractivity contribution in [1.82, 2.24) is 10.1 Å². The lowest BCUT2D eigenvalue weighted by Crippen LogP contribution is -1.97. The second kappa shape index (κ2) is 4.05. The fraction of sp³-hybridized carbons (Fsp3) is 0.111. The molecule has 0 saturated heterocycles. The number of nitrogens with two attached hydrogens (primary N) is 1. The van der Waals surface area contributed by atoms with E-state index in [1.807, 2.05) is 24.3 Å². The topological polar surface area (TPSA) is 64.9 Å². The van der Waals surface area contributed by atoms with Crippen LogP contribution in [0, 0.1) is 3.57 Å². The predicted octanol–water partition coefficient (Wildman–Crippen LogP) is 1.80. The van der Waals surface area contributed by atoms with Crippen molar-refractivity contribution < 1.29 is 4.52 Å². The molecule has 0 spiro atoms. The molecular formula is C9H8IN3O. The van der Waals surface area contributed by atoms with E-state index in [4.69, 9.17) is 10.3 Å². The summed E-state index contributed by atoms with van der Waals surface area (Å²) >= 11 is 2.23. The highest BCUT2D eigenvalue weighted by atomic mass is 127. The van der Waals surface area contributed by atoms with E-state index in [2.05, 4.69) is 32.7 Å². The number of benzene rings is 1. The molecule has 0 saturated carbocycles. The summed E-state index contributed by atoms with van der Waals surface area (Å²) in [5.74, 6) is 1.04. The molecule has 1 aromatic carbocycles. The molecule has 0 unspecified atom stereocenters. The van der Waals surface area contributed by atoms with Crippen LogP contribution in [0.15, 0.2) is 28.8 Å². The molecule has 0 bridgehead atoms. The van der Waals surface area contributed by atoms with Crippen molar-refractivity contribution in [3.05, 3.63) is 33.7 Å². The molecule has 0 aliphatic heterocycles. The van der Waals surface area contributed by atoms with Gasteiger partial charge in [0.1, 0.15) is 0 Å². The van der Waals surface area contributed by atoms with Crippen LogP contribution < -0.4 is 5.73 Å².